The molecule has 0 aliphatic carbocycles. The molecule has 0 bridgehead atoms. The summed E-state index contributed by atoms with van der Waals surface area (Å²) in [5, 5.41) is 3.78. The normalized spacial score (nSPS) is 10.7. The lowest BCUT2D eigenvalue weighted by atomic mass is 10.0. The molecule has 0 fully saturated rings. The molecule has 0 saturated carbocycles. The highest BCUT2D eigenvalue weighted by molar-refractivity contribution is 5.28. The number of rotatable bonds is 4. The maximum Gasteiger partial charge on any atom is 0.134 e. The van der Waals surface area contributed by atoms with Gasteiger partial charge in [-0.1, -0.05) is 31.1 Å². The summed E-state index contributed by atoms with van der Waals surface area (Å²) in [7, 11) is 0. The largest absolute Gasteiger partial charge is 0.487 e. The number of hydrogen-bond donors (Lipinski definition) is 0. The third kappa shape index (κ3) is 2.63. The van der Waals surface area contributed by atoms with Crippen molar-refractivity contribution in [1.82, 2.24) is 5.16 Å². The maximum absolute atomic E-state index is 5.56. The second-order valence-corrected chi connectivity index (χ2v) is 4.00. The van der Waals surface area contributed by atoms with Gasteiger partial charge in [-0.05, 0) is 23.6 Å². The lowest BCUT2D eigenvalue weighted by Crippen LogP contribution is -1.95. The SMILES string of the molecule is CC(C)c1ccc(OCc2ccon2)cc1. The molecule has 0 saturated heterocycles. The van der Waals surface area contributed by atoms with Gasteiger partial charge in [0.1, 0.15) is 24.3 Å². The van der Waals surface area contributed by atoms with Crippen molar-refractivity contribution in [2.75, 3.05) is 0 Å². The molecular formula is C13H15NO2. The first-order chi connectivity index (χ1) is 7.75. The molecule has 1 heterocycles. The van der Waals surface area contributed by atoms with Crippen LogP contribution in [0.2, 0.25) is 0 Å². The number of ether oxygens (including phenoxy) is 1. The molecule has 0 atom stereocenters. The Labute approximate surface area is 95.0 Å². The Morgan fingerprint density at radius 2 is 1.94 bits per heavy atom. The van der Waals surface area contributed by atoms with Gasteiger partial charge >= 0.3 is 0 Å². The summed E-state index contributed by atoms with van der Waals surface area (Å²) in [6.07, 6.45) is 1.54. The first-order valence-electron chi connectivity index (χ1n) is 5.37. The van der Waals surface area contributed by atoms with Gasteiger partial charge < -0.3 is 9.26 Å². The minimum absolute atomic E-state index is 0.442. The first-order valence-corrected chi connectivity index (χ1v) is 5.37. The molecule has 3 heteroatoms. The van der Waals surface area contributed by atoms with E-state index in [4.69, 9.17) is 9.26 Å². The second kappa shape index (κ2) is 4.84. The van der Waals surface area contributed by atoms with Crippen molar-refractivity contribution in [3.05, 3.63) is 47.9 Å². The van der Waals surface area contributed by atoms with Crippen molar-refractivity contribution in [1.29, 1.82) is 0 Å². The van der Waals surface area contributed by atoms with Crippen LogP contribution in [0, 0.1) is 0 Å². The molecule has 0 amide bonds. The maximum atomic E-state index is 5.56. The summed E-state index contributed by atoms with van der Waals surface area (Å²) < 4.78 is 10.3. The molecule has 1 aromatic carbocycles. The Bertz CT molecular complexity index is 418. The molecule has 3 nitrogen and oxygen atoms in total. The second-order valence-electron chi connectivity index (χ2n) is 4.00. The quantitative estimate of drug-likeness (QED) is 0.787. The molecule has 0 unspecified atom stereocenters. The van der Waals surface area contributed by atoms with Crippen molar-refractivity contribution < 1.29 is 9.26 Å². The van der Waals surface area contributed by atoms with Crippen molar-refractivity contribution in [3.63, 3.8) is 0 Å². The van der Waals surface area contributed by atoms with Gasteiger partial charge in [0.15, 0.2) is 0 Å². The molecule has 0 aliphatic rings. The summed E-state index contributed by atoms with van der Waals surface area (Å²) in [5.74, 6) is 1.40. The van der Waals surface area contributed by atoms with Crippen LogP contribution in [-0.4, -0.2) is 5.16 Å². The van der Waals surface area contributed by atoms with Crippen molar-refractivity contribution >= 4 is 0 Å². The molecule has 16 heavy (non-hydrogen) atoms. The summed E-state index contributed by atoms with van der Waals surface area (Å²) in [5.41, 5.74) is 2.11. The highest BCUT2D eigenvalue weighted by Crippen LogP contribution is 2.19. The van der Waals surface area contributed by atoms with Crippen molar-refractivity contribution in [2.45, 2.75) is 26.4 Å². The van der Waals surface area contributed by atoms with Crippen LogP contribution in [0.5, 0.6) is 5.75 Å². The lowest BCUT2D eigenvalue weighted by Gasteiger charge is -2.07. The van der Waals surface area contributed by atoms with Gasteiger partial charge in [0.25, 0.3) is 0 Å². The zero-order valence-corrected chi connectivity index (χ0v) is 9.51. The molecule has 0 radical (unpaired) electrons. The van der Waals surface area contributed by atoms with E-state index in [0.29, 0.717) is 12.5 Å². The minimum Gasteiger partial charge on any atom is -0.487 e. The predicted molar refractivity (Wildman–Crippen MR) is 61.4 cm³/mol. The molecular weight excluding hydrogens is 202 g/mol. The van der Waals surface area contributed by atoms with Gasteiger partial charge in [0, 0.05) is 6.07 Å². The molecule has 2 rings (SSSR count). The van der Waals surface area contributed by atoms with E-state index in [9.17, 15) is 0 Å². The van der Waals surface area contributed by atoms with Gasteiger partial charge in [0.05, 0.1) is 0 Å². The zero-order chi connectivity index (χ0) is 11.4. The van der Waals surface area contributed by atoms with Gasteiger partial charge in [0.2, 0.25) is 0 Å². The van der Waals surface area contributed by atoms with E-state index in [1.165, 1.54) is 5.56 Å². The highest BCUT2D eigenvalue weighted by atomic mass is 16.5. The van der Waals surface area contributed by atoms with Crippen LogP contribution in [0.1, 0.15) is 31.0 Å². The van der Waals surface area contributed by atoms with E-state index in [1.807, 2.05) is 12.1 Å². The van der Waals surface area contributed by atoms with Crippen molar-refractivity contribution in [3.8, 4) is 5.75 Å². The van der Waals surface area contributed by atoms with Crippen LogP contribution in [0.15, 0.2) is 41.1 Å². The van der Waals surface area contributed by atoms with Crippen LogP contribution in [0.3, 0.4) is 0 Å². The minimum atomic E-state index is 0.442. The summed E-state index contributed by atoms with van der Waals surface area (Å²) in [6.45, 7) is 4.79. The van der Waals surface area contributed by atoms with E-state index in [1.54, 1.807) is 12.3 Å². The number of benzene rings is 1. The molecule has 84 valence electrons. The average molecular weight is 217 g/mol. The Balaban J connectivity index is 1.95. The summed E-state index contributed by atoms with van der Waals surface area (Å²) >= 11 is 0. The number of aromatic nitrogens is 1. The van der Waals surface area contributed by atoms with Gasteiger partial charge in [-0.15, -0.1) is 0 Å². The van der Waals surface area contributed by atoms with E-state index >= 15 is 0 Å². The van der Waals surface area contributed by atoms with E-state index in [2.05, 4.69) is 31.1 Å². The zero-order valence-electron chi connectivity index (χ0n) is 9.51. The van der Waals surface area contributed by atoms with Crippen LogP contribution in [0.25, 0.3) is 0 Å². The van der Waals surface area contributed by atoms with Gasteiger partial charge in [-0.2, -0.15) is 0 Å². The number of hydrogen-bond acceptors (Lipinski definition) is 3. The molecule has 1 aromatic heterocycles. The molecule has 0 N–H and O–H groups in total. The summed E-state index contributed by atoms with van der Waals surface area (Å²) in [4.78, 5) is 0. The van der Waals surface area contributed by atoms with Crippen LogP contribution in [0.4, 0.5) is 0 Å². The van der Waals surface area contributed by atoms with Crippen LogP contribution in [-0.2, 0) is 6.61 Å². The Morgan fingerprint density at radius 3 is 2.50 bits per heavy atom. The topological polar surface area (TPSA) is 35.3 Å². The third-order valence-corrected chi connectivity index (χ3v) is 2.42. The van der Waals surface area contributed by atoms with E-state index < -0.39 is 0 Å². The average Bonchev–Trinajstić information content (AvgIpc) is 2.80. The van der Waals surface area contributed by atoms with Gasteiger partial charge in [-0.3, -0.25) is 0 Å². The van der Waals surface area contributed by atoms with E-state index in [-0.39, 0.29) is 0 Å². The Hall–Kier alpha value is -1.77. The third-order valence-electron chi connectivity index (χ3n) is 2.42. The standard InChI is InChI=1S/C13H15NO2/c1-10(2)11-3-5-13(6-4-11)15-9-12-7-8-16-14-12/h3-8,10H,9H2,1-2H3. The monoisotopic (exact) mass is 217 g/mol. The highest BCUT2D eigenvalue weighted by Gasteiger charge is 2.01. The van der Waals surface area contributed by atoms with Crippen LogP contribution >= 0.6 is 0 Å². The fourth-order valence-electron chi connectivity index (χ4n) is 1.42. The molecule has 0 spiro atoms. The Morgan fingerprint density at radius 1 is 1.19 bits per heavy atom. The fourth-order valence-corrected chi connectivity index (χ4v) is 1.42. The summed E-state index contributed by atoms with van der Waals surface area (Å²) in [6, 6.07) is 9.93. The smallest absolute Gasteiger partial charge is 0.134 e. The van der Waals surface area contributed by atoms with Gasteiger partial charge in [-0.25, -0.2) is 0 Å². The number of nitrogens with zero attached hydrogens (tertiary/aromatic N) is 1. The van der Waals surface area contributed by atoms with Crippen LogP contribution < -0.4 is 4.74 Å². The molecule has 2 aromatic rings. The Kier molecular flexibility index (Phi) is 3.25. The van der Waals surface area contributed by atoms with Crippen molar-refractivity contribution in [2.24, 2.45) is 0 Å². The fraction of sp³-hybridized carbons (Fsp3) is 0.308. The first kappa shape index (κ1) is 10.7. The predicted octanol–water partition coefficient (Wildman–Crippen LogP) is 3.38. The molecule has 0 aliphatic heterocycles. The van der Waals surface area contributed by atoms with E-state index in [0.717, 1.165) is 11.4 Å². The lowest BCUT2D eigenvalue weighted by molar-refractivity contribution is 0.289.